The first kappa shape index (κ1) is 22.1. The molecule has 0 N–H and O–H groups in total. The van der Waals surface area contributed by atoms with E-state index < -0.39 is 19.5 Å². The number of rotatable bonds is 7. The molecule has 144 valence electrons. The maximum atomic E-state index is 12.9. The molecule has 0 spiro atoms. The Labute approximate surface area is 179 Å². The van der Waals surface area contributed by atoms with E-state index in [1.165, 1.54) is 20.2 Å². The second-order valence-electron chi connectivity index (χ2n) is 6.27. The number of hydrogen-bond acceptors (Lipinski definition) is 3. The number of ketones is 1. The summed E-state index contributed by atoms with van der Waals surface area (Å²) in [5, 5.41) is 0.353. The molecule has 5 heteroatoms. The minimum atomic E-state index is -3.09. The van der Waals surface area contributed by atoms with E-state index in [1.807, 2.05) is 54.6 Å². The fraction of sp³-hybridized carbons (Fsp3) is 0.130. The van der Waals surface area contributed by atoms with Crippen LogP contribution < -0.4 is 30.0 Å². The van der Waals surface area contributed by atoms with Gasteiger partial charge in [-0.3, -0.25) is 0 Å². The van der Waals surface area contributed by atoms with Gasteiger partial charge < -0.3 is 17.0 Å². The third-order valence-corrected chi connectivity index (χ3v) is 13.7. The van der Waals surface area contributed by atoms with Crippen molar-refractivity contribution in [3.63, 3.8) is 0 Å². The Morgan fingerprint density at radius 1 is 0.714 bits per heavy atom. The van der Waals surface area contributed by atoms with Crippen LogP contribution in [0.1, 0.15) is 6.42 Å². The van der Waals surface area contributed by atoms with Crippen LogP contribution in [0.3, 0.4) is 0 Å². The van der Waals surface area contributed by atoms with Crippen molar-refractivity contribution in [3.8, 4) is 0 Å². The van der Waals surface area contributed by atoms with Gasteiger partial charge in [0.1, 0.15) is 0 Å². The Morgan fingerprint density at radius 2 is 1.07 bits per heavy atom. The van der Waals surface area contributed by atoms with Crippen molar-refractivity contribution in [1.29, 1.82) is 0 Å². The molecule has 0 fully saturated rings. The van der Waals surface area contributed by atoms with Crippen LogP contribution in [0.25, 0.3) is 0 Å². The summed E-state index contributed by atoms with van der Waals surface area (Å²) in [6.45, 7) is 0. The fourth-order valence-corrected chi connectivity index (χ4v) is 12.0. The number of ether oxygens (including phenoxy) is 1. The Kier molecular flexibility index (Phi) is 8.22. The van der Waals surface area contributed by atoms with Gasteiger partial charge in [0.2, 0.25) is 0 Å². The van der Waals surface area contributed by atoms with Crippen LogP contribution in [0.15, 0.2) is 91.0 Å². The molecule has 3 rings (SSSR count). The van der Waals surface area contributed by atoms with E-state index in [0.717, 1.165) is 0 Å². The zero-order valence-corrected chi connectivity index (χ0v) is 19.1. The smallest absolute Gasteiger partial charge is 1.00 e. The summed E-state index contributed by atoms with van der Waals surface area (Å²) in [5.74, 6) is -0.561. The molecule has 28 heavy (non-hydrogen) atoms. The quantitative estimate of drug-likeness (QED) is 0.244. The molecule has 0 atom stereocenters. The molecule has 0 saturated heterocycles. The summed E-state index contributed by atoms with van der Waals surface area (Å²) in [4.78, 5) is 24.6. The van der Waals surface area contributed by atoms with E-state index in [1.54, 1.807) is 0 Å². The van der Waals surface area contributed by atoms with E-state index >= 15 is 0 Å². The Hall–Kier alpha value is -2.16. The normalized spacial score (nSPS) is 10.6. The molecule has 0 unspecified atom stereocenters. The molecule has 0 bridgehead atoms. The summed E-state index contributed by atoms with van der Waals surface area (Å²) in [7, 11) is 1.31. The Bertz CT molecular complexity index is 802. The van der Waals surface area contributed by atoms with Crippen LogP contribution in [-0.4, -0.2) is 32.4 Å². The Balaban J connectivity index is 0.00000280. The zero-order valence-electron chi connectivity index (χ0n) is 15.6. The molecule has 0 aliphatic rings. The number of esters is 1. The third kappa shape index (κ3) is 4.81. The SMILES string of the molecule is COC(=O)CC(=O)C[As+](c1ccccc1)(c1ccccc1)c1ccccc1.[Br-]. The van der Waals surface area contributed by atoms with E-state index in [4.69, 9.17) is 4.74 Å². The second kappa shape index (κ2) is 10.4. The average Bonchev–Trinajstić information content (AvgIpc) is 2.74. The van der Waals surface area contributed by atoms with Crippen LogP contribution in [0.4, 0.5) is 0 Å². The van der Waals surface area contributed by atoms with Crippen LogP contribution >= 0.6 is 0 Å². The molecule has 0 aliphatic heterocycles. The number of Topliss-reactive ketones (excluding diaryl/α,β-unsaturated/α-hetero) is 1. The molecule has 0 amide bonds. The van der Waals surface area contributed by atoms with Crippen molar-refractivity contribution in [1.82, 2.24) is 0 Å². The predicted octanol–water partition coefficient (Wildman–Crippen LogP) is -0.707. The first-order valence-electron chi connectivity index (χ1n) is 8.80. The van der Waals surface area contributed by atoms with E-state index in [9.17, 15) is 9.59 Å². The van der Waals surface area contributed by atoms with Gasteiger partial charge in [-0.25, -0.2) is 0 Å². The minimum Gasteiger partial charge on any atom is -1.00 e. The number of benzene rings is 3. The molecular weight excluding hydrogens is 479 g/mol. The summed E-state index contributed by atoms with van der Waals surface area (Å²) in [6.07, 6.45) is -0.188. The summed E-state index contributed by atoms with van der Waals surface area (Å²) < 4.78 is 8.27. The van der Waals surface area contributed by atoms with Gasteiger partial charge in [-0.05, 0) is 0 Å². The van der Waals surface area contributed by atoms with Gasteiger partial charge in [-0.2, -0.15) is 0 Å². The van der Waals surface area contributed by atoms with Crippen LogP contribution in [0.2, 0.25) is 5.21 Å². The third-order valence-electron chi connectivity index (χ3n) is 4.57. The number of halogens is 1. The van der Waals surface area contributed by atoms with Crippen molar-refractivity contribution in [2.24, 2.45) is 0 Å². The molecule has 0 aromatic heterocycles. The van der Waals surface area contributed by atoms with Crippen molar-refractivity contribution in [2.75, 3.05) is 7.11 Å². The van der Waals surface area contributed by atoms with Gasteiger partial charge in [0.15, 0.2) is 0 Å². The van der Waals surface area contributed by atoms with E-state index in [-0.39, 0.29) is 29.2 Å². The zero-order chi connectivity index (χ0) is 19.1. The van der Waals surface area contributed by atoms with Crippen LogP contribution in [0, 0.1) is 0 Å². The summed E-state index contributed by atoms with van der Waals surface area (Å²) in [6, 6.07) is 30.7. The number of methoxy groups -OCH3 is 1. The van der Waals surface area contributed by atoms with Crippen molar-refractivity contribution in [2.45, 2.75) is 11.6 Å². The molecular formula is C23H22AsBrO3. The van der Waals surface area contributed by atoms with Crippen LogP contribution in [-0.2, 0) is 14.3 Å². The molecule has 0 radical (unpaired) electrons. The molecule has 3 aromatic carbocycles. The minimum absolute atomic E-state index is 0. The average molecular weight is 501 g/mol. The maximum absolute atomic E-state index is 12.9. The molecule has 0 aliphatic carbocycles. The van der Waals surface area contributed by atoms with Crippen molar-refractivity contribution in [3.05, 3.63) is 91.0 Å². The molecule has 3 aromatic rings. The Morgan fingerprint density at radius 3 is 1.39 bits per heavy atom. The molecule has 0 heterocycles. The topological polar surface area (TPSA) is 43.4 Å². The fourth-order valence-electron chi connectivity index (χ4n) is 3.32. The monoisotopic (exact) mass is 500 g/mol. The van der Waals surface area contributed by atoms with Crippen LogP contribution in [0.5, 0.6) is 0 Å². The number of carbonyl (C=O) groups is 2. The summed E-state index contributed by atoms with van der Waals surface area (Å²) in [5.41, 5.74) is 0. The van der Waals surface area contributed by atoms with E-state index in [2.05, 4.69) is 36.4 Å². The predicted molar refractivity (Wildman–Crippen MR) is 110 cm³/mol. The second-order valence-corrected chi connectivity index (χ2v) is 13.6. The van der Waals surface area contributed by atoms with E-state index in [0.29, 0.717) is 5.21 Å². The van der Waals surface area contributed by atoms with Gasteiger partial charge in [0.25, 0.3) is 0 Å². The van der Waals surface area contributed by atoms with Crippen molar-refractivity contribution < 1.29 is 31.3 Å². The first-order valence-corrected chi connectivity index (χ1v) is 12.9. The summed E-state index contributed by atoms with van der Waals surface area (Å²) >= 11 is -3.09. The van der Waals surface area contributed by atoms with Crippen molar-refractivity contribution >= 4 is 38.4 Å². The van der Waals surface area contributed by atoms with Gasteiger partial charge in [-0.1, -0.05) is 0 Å². The number of carbonyl (C=O) groups excluding carboxylic acids is 2. The molecule has 0 saturated carbocycles. The van der Waals surface area contributed by atoms with Gasteiger partial charge >= 0.3 is 162 Å². The van der Waals surface area contributed by atoms with Gasteiger partial charge in [0.05, 0.1) is 0 Å². The molecule has 3 nitrogen and oxygen atoms in total. The van der Waals surface area contributed by atoms with Gasteiger partial charge in [-0.15, -0.1) is 0 Å². The number of hydrogen-bond donors (Lipinski definition) is 0. The van der Waals surface area contributed by atoms with Gasteiger partial charge in [0, 0.05) is 0 Å². The largest absolute Gasteiger partial charge is 1.00 e. The first-order chi connectivity index (χ1) is 13.2. The maximum Gasteiger partial charge on any atom is -1.00 e. The standard InChI is InChI=1S/C23H22AsO3.BrH/c1-27-23(26)17-22(25)18-24(19-11-5-2-6-12-19,20-13-7-3-8-14-20)21-15-9-4-10-16-21;/h2-16H,17-18H2,1H3;1H/q+1;/p-1.